The lowest BCUT2D eigenvalue weighted by molar-refractivity contribution is 0.669. The van der Waals surface area contributed by atoms with Crippen LogP contribution in [-0.4, -0.2) is 0 Å². The van der Waals surface area contributed by atoms with Gasteiger partial charge in [-0.1, -0.05) is 151 Å². The van der Waals surface area contributed by atoms with Gasteiger partial charge in [-0.25, -0.2) is 0 Å². The van der Waals surface area contributed by atoms with Crippen molar-refractivity contribution in [2.75, 3.05) is 4.90 Å². The van der Waals surface area contributed by atoms with E-state index in [1.807, 2.05) is 66.7 Å². The van der Waals surface area contributed by atoms with Gasteiger partial charge in [0.2, 0.25) is 0 Å². The smallest absolute Gasteiger partial charge is 0.136 e. The molecule has 0 saturated heterocycles. The fourth-order valence-corrected chi connectivity index (χ4v) is 8.00. The summed E-state index contributed by atoms with van der Waals surface area (Å²) >= 11 is 0. The summed E-state index contributed by atoms with van der Waals surface area (Å²) in [5, 5.41) is 7.30. The molecule has 1 aromatic heterocycles. The van der Waals surface area contributed by atoms with Crippen LogP contribution >= 0.6 is 0 Å². The number of rotatable bonds is 6. The fourth-order valence-electron chi connectivity index (χ4n) is 8.00. The van der Waals surface area contributed by atoms with E-state index >= 15 is 0 Å². The summed E-state index contributed by atoms with van der Waals surface area (Å²) in [7, 11) is 0. The first kappa shape index (κ1) is 24.8. The maximum atomic E-state index is 9.24. The second-order valence-electron chi connectivity index (χ2n) is 13.9. The van der Waals surface area contributed by atoms with E-state index in [0.29, 0.717) is 50.2 Å². The third-order valence-corrected chi connectivity index (χ3v) is 10.6. The highest BCUT2D eigenvalue weighted by molar-refractivity contribution is 6.19. The van der Waals surface area contributed by atoms with Gasteiger partial charge in [-0.2, -0.15) is 0 Å². The summed E-state index contributed by atoms with van der Waals surface area (Å²) in [4.78, 5) is 2.06. The molecule has 0 bridgehead atoms. The normalized spacial score (nSPS) is 13.6. The van der Waals surface area contributed by atoms with Crippen molar-refractivity contribution in [3.05, 3.63) is 212 Å². The number of furan rings is 1. The van der Waals surface area contributed by atoms with E-state index in [9.17, 15) is 2.74 Å². The molecule has 0 saturated carbocycles. The van der Waals surface area contributed by atoms with E-state index in [1.165, 1.54) is 10.8 Å². The van der Waals surface area contributed by atoms with Crippen LogP contribution in [0.5, 0.6) is 0 Å². The zero-order valence-corrected chi connectivity index (χ0v) is 29.9. The third-order valence-electron chi connectivity index (χ3n) is 10.6. The van der Waals surface area contributed by atoms with Crippen molar-refractivity contribution in [3.63, 3.8) is 0 Å². The van der Waals surface area contributed by atoms with Crippen LogP contribution in [0.25, 0.3) is 87.6 Å². The number of anilines is 3. The summed E-state index contributed by atoms with van der Waals surface area (Å²) in [6.07, 6.45) is 0. The third kappa shape index (κ3) is 5.42. The van der Waals surface area contributed by atoms with Gasteiger partial charge in [0, 0.05) is 27.8 Å². The van der Waals surface area contributed by atoms with E-state index in [0.717, 1.165) is 44.2 Å². The second kappa shape index (κ2) is 13.2. The molecule has 0 aliphatic carbocycles. The molecule has 262 valence electrons. The van der Waals surface area contributed by atoms with Gasteiger partial charge in [0.1, 0.15) is 11.2 Å². The van der Waals surface area contributed by atoms with Crippen LogP contribution in [-0.2, 0) is 0 Å². The van der Waals surface area contributed by atoms with Crippen molar-refractivity contribution in [3.8, 4) is 33.4 Å². The molecule has 2 heteroatoms. The Labute approximate surface area is 336 Å². The lowest BCUT2D eigenvalue weighted by atomic mass is 9.93. The highest BCUT2D eigenvalue weighted by atomic mass is 16.3. The quantitative estimate of drug-likeness (QED) is 0.159. The number of hydrogen-bond donors (Lipinski definition) is 0. The standard InChI is InChI=1S/C54H35NO/c1-2-11-36(12-3-1)39-14-10-15-45(34-39)55(44-29-23-38(24-30-44)51-35-41-13-4-5-16-46(41)48-17-6-7-18-49(48)51)43-27-21-37(22-28-43)40-25-31-47-42(33-40)26-32-53-54(47)50-19-8-9-20-52(50)56-53/h1-35H/i1D,2D,3D,11D,12D,19D,25D,31D. The van der Waals surface area contributed by atoms with Gasteiger partial charge in [-0.15, -0.1) is 0 Å². The van der Waals surface area contributed by atoms with Crippen LogP contribution in [0.15, 0.2) is 217 Å². The van der Waals surface area contributed by atoms with Gasteiger partial charge in [-0.3, -0.25) is 0 Å². The van der Waals surface area contributed by atoms with Crippen LogP contribution in [0, 0.1) is 0 Å². The molecule has 11 aromatic rings. The van der Waals surface area contributed by atoms with Crippen LogP contribution < -0.4 is 4.90 Å². The first-order chi connectivity index (χ1) is 31.1. The molecular formula is C54H35NO. The molecule has 0 unspecified atom stereocenters. The number of nitrogens with zero attached hydrogens (tertiary/aromatic N) is 1. The minimum absolute atomic E-state index is 0.0542. The van der Waals surface area contributed by atoms with Crippen molar-refractivity contribution in [1.82, 2.24) is 0 Å². The number of hydrogen-bond acceptors (Lipinski definition) is 2. The molecule has 0 spiro atoms. The molecule has 56 heavy (non-hydrogen) atoms. The molecule has 0 aliphatic rings. The zero-order valence-electron chi connectivity index (χ0n) is 37.9. The Kier molecular flexibility index (Phi) is 5.83. The molecule has 0 aliphatic heterocycles. The molecule has 0 fully saturated rings. The van der Waals surface area contributed by atoms with E-state index in [4.69, 9.17) is 12.6 Å². The molecule has 10 aromatic carbocycles. The van der Waals surface area contributed by atoms with Crippen LogP contribution in [0.4, 0.5) is 17.1 Å². The fraction of sp³-hybridized carbons (Fsp3) is 0. The lowest BCUT2D eigenvalue weighted by Crippen LogP contribution is -2.10. The van der Waals surface area contributed by atoms with Crippen LogP contribution in [0.2, 0.25) is 0 Å². The summed E-state index contributed by atoms with van der Waals surface area (Å²) in [5.74, 6) is 0. The van der Waals surface area contributed by atoms with E-state index in [-0.39, 0.29) is 29.7 Å². The Hall–Kier alpha value is -7.42. The summed E-state index contributed by atoms with van der Waals surface area (Å²) in [6, 6.07) is 52.1. The van der Waals surface area contributed by atoms with Gasteiger partial charge in [0.25, 0.3) is 0 Å². The van der Waals surface area contributed by atoms with Gasteiger partial charge in [0.05, 0.1) is 11.0 Å². The van der Waals surface area contributed by atoms with E-state index in [1.54, 1.807) is 18.2 Å². The molecule has 2 nitrogen and oxygen atoms in total. The number of para-hydroxylation sites is 1. The molecule has 0 radical (unpaired) electrons. The Morgan fingerprint density at radius 2 is 1.07 bits per heavy atom. The number of benzene rings is 10. The Balaban J connectivity index is 1.04. The molecule has 0 atom stereocenters. The minimum Gasteiger partial charge on any atom is -0.456 e. The van der Waals surface area contributed by atoms with Gasteiger partial charge >= 0.3 is 0 Å². The first-order valence-electron chi connectivity index (χ1n) is 22.5. The van der Waals surface area contributed by atoms with Crippen molar-refractivity contribution in [2.24, 2.45) is 0 Å². The molecule has 1 heterocycles. The number of fused-ring (bicyclic) bond motifs is 8. The summed E-state index contributed by atoms with van der Waals surface area (Å²) in [6.45, 7) is 0. The predicted octanol–water partition coefficient (Wildman–Crippen LogP) is 15.5. The van der Waals surface area contributed by atoms with Crippen molar-refractivity contribution in [1.29, 1.82) is 0 Å². The van der Waals surface area contributed by atoms with Gasteiger partial charge < -0.3 is 9.32 Å². The lowest BCUT2D eigenvalue weighted by Gasteiger charge is -2.26. The molecule has 0 N–H and O–H groups in total. The SMILES string of the molecule is [2H]c1c([2H])c([2H])c(-c2cccc(N(c3ccc(-c4cc5ccc6oc7cccc([2H])c7c6c5c([2H])c4[2H])cc3)c3ccc(-c4cc5ccccc5c5ccccc45)cc3)c2)c([2H])c1[2H]. The monoisotopic (exact) mass is 721 g/mol. The van der Waals surface area contributed by atoms with Gasteiger partial charge in [-0.05, 0) is 126 Å². The van der Waals surface area contributed by atoms with E-state index < -0.39 is 18.1 Å². The van der Waals surface area contributed by atoms with Gasteiger partial charge in [0.15, 0.2) is 0 Å². The van der Waals surface area contributed by atoms with Crippen LogP contribution in [0.1, 0.15) is 11.0 Å². The van der Waals surface area contributed by atoms with Crippen molar-refractivity contribution in [2.45, 2.75) is 0 Å². The second-order valence-corrected chi connectivity index (χ2v) is 13.9. The van der Waals surface area contributed by atoms with Crippen molar-refractivity contribution >= 4 is 71.3 Å². The molecule has 11 rings (SSSR count). The predicted molar refractivity (Wildman–Crippen MR) is 237 cm³/mol. The highest BCUT2D eigenvalue weighted by Crippen LogP contribution is 2.41. The first-order valence-corrected chi connectivity index (χ1v) is 18.5. The largest absolute Gasteiger partial charge is 0.456 e. The summed E-state index contributed by atoms with van der Waals surface area (Å²) < 4.78 is 75.5. The highest BCUT2D eigenvalue weighted by Gasteiger charge is 2.16. The summed E-state index contributed by atoms with van der Waals surface area (Å²) in [5.41, 5.74) is 7.52. The molecule has 0 amide bonds. The molecular weight excluding hydrogens is 679 g/mol. The van der Waals surface area contributed by atoms with Crippen LogP contribution in [0.3, 0.4) is 0 Å². The maximum absolute atomic E-state index is 9.24. The Morgan fingerprint density at radius 1 is 0.357 bits per heavy atom. The topological polar surface area (TPSA) is 16.4 Å². The average molecular weight is 722 g/mol. The maximum Gasteiger partial charge on any atom is 0.136 e. The Morgan fingerprint density at radius 3 is 1.89 bits per heavy atom. The average Bonchev–Trinajstić information content (AvgIpc) is 3.72. The zero-order chi connectivity index (χ0) is 44.0. The minimum atomic E-state index is -0.444. The van der Waals surface area contributed by atoms with E-state index in [2.05, 4.69) is 83.8 Å². The Bertz CT molecular complexity index is 3680. The van der Waals surface area contributed by atoms with Crippen molar-refractivity contribution < 1.29 is 15.4 Å².